The van der Waals surface area contributed by atoms with Gasteiger partial charge in [-0.25, -0.2) is 14.2 Å². The van der Waals surface area contributed by atoms with Gasteiger partial charge in [-0.1, -0.05) is 0 Å². The van der Waals surface area contributed by atoms with Crippen LogP contribution in [0.3, 0.4) is 0 Å². The Morgan fingerprint density at radius 1 is 0.850 bits per heavy atom. The predicted octanol–water partition coefficient (Wildman–Crippen LogP) is 5.99. The molecule has 0 spiro atoms. The molecule has 0 unspecified atom stereocenters. The van der Waals surface area contributed by atoms with Crippen LogP contribution in [-0.2, 0) is 10.9 Å². The highest BCUT2D eigenvalue weighted by Gasteiger charge is 2.42. The van der Waals surface area contributed by atoms with Gasteiger partial charge in [0, 0.05) is 24.0 Å². The van der Waals surface area contributed by atoms with Crippen molar-refractivity contribution in [3.63, 3.8) is 0 Å². The maximum atomic E-state index is 15.4. The summed E-state index contributed by atoms with van der Waals surface area (Å²) in [6.45, 7) is 0. The van der Waals surface area contributed by atoms with Crippen LogP contribution in [0.25, 0.3) is 0 Å². The van der Waals surface area contributed by atoms with Crippen LogP contribution >= 0.6 is 0 Å². The second kappa shape index (κ2) is 11.5. The first kappa shape index (κ1) is 29.8. The number of carbonyl (C=O) groups excluding carboxylic acids is 2. The molecular weight excluding hydrogens is 561 g/mol. The van der Waals surface area contributed by atoms with Gasteiger partial charge in [0.15, 0.2) is 17.3 Å². The third-order valence-corrected chi connectivity index (χ3v) is 4.93. The standard InChI is InChI=1S/C24H17F7N2O7/c1-36-15-9-12(40-24(29,30)31)4-5-14(15)39-16-10-17(37-2)19(23(26,27)28)20(25)18(16)21(34)33-11-6-7-32-13(8-11)22(35)38-3/h4-10H,1-3H3,(H,32,33,34). The van der Waals surface area contributed by atoms with Gasteiger partial charge in [0.1, 0.15) is 34.1 Å². The molecule has 0 aliphatic carbocycles. The van der Waals surface area contributed by atoms with Gasteiger partial charge in [-0.15, -0.1) is 13.2 Å². The number of rotatable bonds is 8. The van der Waals surface area contributed by atoms with E-state index in [-0.39, 0.29) is 11.4 Å². The van der Waals surface area contributed by atoms with E-state index < -0.39 is 70.1 Å². The highest BCUT2D eigenvalue weighted by molar-refractivity contribution is 6.07. The summed E-state index contributed by atoms with van der Waals surface area (Å²) in [6, 6.07) is 5.14. The first-order chi connectivity index (χ1) is 18.7. The molecule has 0 bridgehead atoms. The lowest BCUT2D eigenvalue weighted by atomic mass is 10.0. The number of nitrogens with one attached hydrogen (secondary N) is 1. The minimum atomic E-state index is -5.33. The largest absolute Gasteiger partial charge is 0.573 e. The highest BCUT2D eigenvalue weighted by atomic mass is 19.4. The second-order valence-electron chi connectivity index (χ2n) is 7.48. The molecule has 3 aromatic rings. The monoisotopic (exact) mass is 578 g/mol. The molecule has 0 fully saturated rings. The number of alkyl halides is 6. The Labute approximate surface area is 220 Å². The van der Waals surface area contributed by atoms with Crippen molar-refractivity contribution in [1.82, 2.24) is 4.98 Å². The van der Waals surface area contributed by atoms with Crippen LogP contribution in [0.15, 0.2) is 42.6 Å². The van der Waals surface area contributed by atoms with Gasteiger partial charge in [0.05, 0.1) is 21.3 Å². The number of halogens is 7. The van der Waals surface area contributed by atoms with E-state index in [4.69, 9.17) is 9.47 Å². The van der Waals surface area contributed by atoms with Crippen molar-refractivity contribution in [2.45, 2.75) is 12.5 Å². The van der Waals surface area contributed by atoms with Crippen LogP contribution in [0, 0.1) is 5.82 Å². The number of esters is 1. The Kier molecular flexibility index (Phi) is 8.60. The molecule has 40 heavy (non-hydrogen) atoms. The second-order valence-corrected chi connectivity index (χ2v) is 7.48. The molecule has 0 saturated heterocycles. The van der Waals surface area contributed by atoms with E-state index >= 15 is 4.39 Å². The lowest BCUT2D eigenvalue weighted by Crippen LogP contribution is -2.20. The van der Waals surface area contributed by atoms with E-state index in [1.165, 1.54) is 0 Å². The maximum Gasteiger partial charge on any atom is 0.573 e. The third-order valence-electron chi connectivity index (χ3n) is 4.93. The molecule has 0 aliphatic heterocycles. The summed E-state index contributed by atoms with van der Waals surface area (Å²) in [5.41, 5.74) is -3.66. The minimum Gasteiger partial charge on any atom is -0.496 e. The lowest BCUT2D eigenvalue weighted by molar-refractivity contribution is -0.274. The fraction of sp³-hybridized carbons (Fsp3) is 0.208. The number of amides is 1. The molecule has 3 rings (SSSR count). The summed E-state index contributed by atoms with van der Waals surface area (Å²) in [4.78, 5) is 28.5. The first-order valence-electron chi connectivity index (χ1n) is 10.6. The number of benzene rings is 2. The quantitative estimate of drug-likeness (QED) is 0.257. The van der Waals surface area contributed by atoms with Gasteiger partial charge in [0.2, 0.25) is 0 Å². The van der Waals surface area contributed by atoms with Crippen LogP contribution in [0.4, 0.5) is 36.4 Å². The zero-order valence-electron chi connectivity index (χ0n) is 20.5. The molecule has 214 valence electrons. The molecule has 16 heteroatoms. The number of nitrogens with zero attached hydrogens (tertiary/aromatic N) is 1. The smallest absolute Gasteiger partial charge is 0.496 e. The Hall–Kier alpha value is -4.76. The zero-order chi connectivity index (χ0) is 29.8. The number of pyridine rings is 1. The number of aromatic nitrogens is 1. The van der Waals surface area contributed by atoms with Crippen molar-refractivity contribution >= 4 is 17.6 Å². The molecule has 0 atom stereocenters. The van der Waals surface area contributed by atoms with Crippen molar-refractivity contribution in [1.29, 1.82) is 0 Å². The van der Waals surface area contributed by atoms with Crippen LogP contribution in [-0.4, -0.2) is 44.6 Å². The van der Waals surface area contributed by atoms with E-state index in [1.807, 2.05) is 0 Å². The Morgan fingerprint density at radius 3 is 2.10 bits per heavy atom. The number of methoxy groups -OCH3 is 3. The Balaban J connectivity index is 2.14. The molecular formula is C24H17F7N2O7. The fourth-order valence-corrected chi connectivity index (χ4v) is 3.29. The minimum absolute atomic E-state index is 0.179. The van der Waals surface area contributed by atoms with E-state index in [0.29, 0.717) is 6.07 Å². The van der Waals surface area contributed by atoms with Gasteiger partial charge < -0.3 is 29.0 Å². The topological polar surface area (TPSA) is 105 Å². The maximum absolute atomic E-state index is 15.4. The number of anilines is 1. The van der Waals surface area contributed by atoms with Gasteiger partial charge in [-0.2, -0.15) is 13.2 Å². The van der Waals surface area contributed by atoms with Gasteiger partial charge in [0.25, 0.3) is 5.91 Å². The SMILES string of the molecule is COC(=O)c1cc(NC(=O)c2c(Oc3ccc(OC(F)(F)F)cc3OC)cc(OC)c(C(F)(F)F)c2F)ccn1. The molecule has 1 N–H and O–H groups in total. The molecule has 0 radical (unpaired) electrons. The van der Waals surface area contributed by atoms with Crippen molar-refractivity contribution < 1.29 is 64.0 Å². The van der Waals surface area contributed by atoms with Crippen molar-refractivity contribution in [3.8, 4) is 28.7 Å². The van der Waals surface area contributed by atoms with Gasteiger partial charge in [-0.3, -0.25) is 4.79 Å². The van der Waals surface area contributed by atoms with E-state index in [9.17, 15) is 35.9 Å². The lowest BCUT2D eigenvalue weighted by Gasteiger charge is -2.20. The number of hydrogen-bond acceptors (Lipinski definition) is 8. The predicted molar refractivity (Wildman–Crippen MR) is 121 cm³/mol. The van der Waals surface area contributed by atoms with Crippen LogP contribution < -0.4 is 24.3 Å². The molecule has 9 nitrogen and oxygen atoms in total. The molecule has 2 aromatic carbocycles. The van der Waals surface area contributed by atoms with Crippen molar-refractivity contribution in [3.05, 3.63) is 65.2 Å². The third kappa shape index (κ3) is 6.81. The van der Waals surface area contributed by atoms with Crippen LogP contribution in [0.5, 0.6) is 28.7 Å². The number of carbonyl (C=O) groups is 2. The average molecular weight is 578 g/mol. The highest BCUT2D eigenvalue weighted by Crippen LogP contribution is 2.45. The normalized spacial score (nSPS) is 11.4. The molecule has 1 aromatic heterocycles. The van der Waals surface area contributed by atoms with Crippen LogP contribution in [0.1, 0.15) is 26.4 Å². The molecule has 0 saturated carbocycles. The van der Waals surface area contributed by atoms with Crippen molar-refractivity contribution in [2.24, 2.45) is 0 Å². The summed E-state index contributed by atoms with van der Waals surface area (Å²) in [5, 5.41) is 2.13. The number of hydrogen-bond donors (Lipinski definition) is 1. The summed E-state index contributed by atoms with van der Waals surface area (Å²) in [5.74, 6) is -7.91. The van der Waals surface area contributed by atoms with Crippen LogP contribution in [0.2, 0.25) is 0 Å². The molecule has 1 heterocycles. The van der Waals surface area contributed by atoms with Gasteiger partial charge >= 0.3 is 18.5 Å². The fourth-order valence-electron chi connectivity index (χ4n) is 3.29. The van der Waals surface area contributed by atoms with Gasteiger partial charge in [-0.05, 0) is 24.3 Å². The number of ether oxygens (including phenoxy) is 5. The Morgan fingerprint density at radius 2 is 1.52 bits per heavy atom. The summed E-state index contributed by atoms with van der Waals surface area (Å²) >= 11 is 0. The molecule has 0 aliphatic rings. The van der Waals surface area contributed by atoms with E-state index in [0.717, 1.165) is 57.9 Å². The summed E-state index contributed by atoms with van der Waals surface area (Å²) in [6.07, 6.45) is -9.31. The first-order valence-corrected chi connectivity index (χ1v) is 10.6. The van der Waals surface area contributed by atoms with E-state index in [1.54, 1.807) is 0 Å². The average Bonchev–Trinajstić information content (AvgIpc) is 2.87. The molecule has 1 amide bonds. The van der Waals surface area contributed by atoms with Crippen molar-refractivity contribution in [2.75, 3.05) is 26.6 Å². The zero-order valence-corrected chi connectivity index (χ0v) is 20.5. The van der Waals surface area contributed by atoms with E-state index in [2.05, 4.69) is 24.5 Å². The summed E-state index contributed by atoms with van der Waals surface area (Å²) in [7, 11) is 2.90. The Bertz CT molecular complexity index is 1430. The summed E-state index contributed by atoms with van der Waals surface area (Å²) < 4.78 is 118.